The lowest BCUT2D eigenvalue weighted by molar-refractivity contribution is 0.0977. The van der Waals surface area contributed by atoms with Crippen molar-refractivity contribution in [3.63, 3.8) is 0 Å². The standard InChI is InChI=1S/C27H16N2O4/c30-26-16-6-1-2-7-17(16)27(31)25-23(26)22(18-12-28-19-8-4-3-5-15(18)19)24(29-25)14-9-10-20-21(11-14)33-13-32-20/h1-12,28-29H,13H2. The number of benzene rings is 3. The van der Waals surface area contributed by atoms with Gasteiger partial charge in [-0.25, -0.2) is 0 Å². The van der Waals surface area contributed by atoms with Gasteiger partial charge in [-0.3, -0.25) is 9.59 Å². The summed E-state index contributed by atoms with van der Waals surface area (Å²) >= 11 is 0. The number of hydrogen-bond donors (Lipinski definition) is 2. The van der Waals surface area contributed by atoms with Crippen molar-refractivity contribution in [2.24, 2.45) is 0 Å². The average Bonchev–Trinajstić information content (AvgIpc) is 3.58. The second kappa shape index (κ2) is 6.46. The van der Waals surface area contributed by atoms with Crippen molar-refractivity contribution in [1.82, 2.24) is 9.97 Å². The van der Waals surface area contributed by atoms with Crippen LogP contribution in [0.3, 0.4) is 0 Å². The van der Waals surface area contributed by atoms with Crippen LogP contribution in [0.4, 0.5) is 0 Å². The summed E-state index contributed by atoms with van der Waals surface area (Å²) in [7, 11) is 0. The maximum Gasteiger partial charge on any atom is 0.231 e. The molecular weight excluding hydrogens is 416 g/mol. The second-order valence-corrected chi connectivity index (χ2v) is 8.14. The molecule has 33 heavy (non-hydrogen) atoms. The molecule has 158 valence electrons. The molecule has 2 N–H and O–H groups in total. The minimum absolute atomic E-state index is 0.163. The smallest absolute Gasteiger partial charge is 0.231 e. The fraction of sp³-hybridized carbons (Fsp3) is 0.0370. The highest BCUT2D eigenvalue weighted by Gasteiger charge is 2.36. The molecule has 0 saturated heterocycles. The van der Waals surface area contributed by atoms with E-state index in [1.165, 1.54) is 0 Å². The van der Waals surface area contributed by atoms with Crippen molar-refractivity contribution in [2.45, 2.75) is 0 Å². The molecule has 3 aromatic carbocycles. The van der Waals surface area contributed by atoms with E-state index in [9.17, 15) is 9.59 Å². The van der Waals surface area contributed by atoms with Crippen LogP contribution < -0.4 is 9.47 Å². The number of fused-ring (bicyclic) bond motifs is 4. The fourth-order valence-electron chi connectivity index (χ4n) is 4.86. The van der Waals surface area contributed by atoms with Crippen molar-refractivity contribution in [2.75, 3.05) is 6.79 Å². The Kier molecular flexibility index (Phi) is 3.53. The number of carbonyl (C=O) groups is 2. The van der Waals surface area contributed by atoms with Crippen LogP contribution in [0.25, 0.3) is 33.3 Å². The summed E-state index contributed by atoms with van der Waals surface area (Å²) in [6.45, 7) is 0.168. The number of nitrogens with one attached hydrogen (secondary N) is 2. The van der Waals surface area contributed by atoms with E-state index in [1.54, 1.807) is 24.3 Å². The largest absolute Gasteiger partial charge is 0.454 e. The minimum atomic E-state index is -0.187. The molecule has 0 bridgehead atoms. The lowest BCUT2D eigenvalue weighted by Crippen LogP contribution is -2.20. The van der Waals surface area contributed by atoms with Crippen molar-refractivity contribution in [3.05, 3.63) is 95.3 Å². The molecule has 2 aromatic heterocycles. The molecule has 1 aliphatic heterocycles. The molecule has 6 nitrogen and oxygen atoms in total. The maximum absolute atomic E-state index is 13.7. The molecule has 1 aliphatic carbocycles. The van der Waals surface area contributed by atoms with Gasteiger partial charge in [0, 0.05) is 44.9 Å². The van der Waals surface area contributed by atoms with Crippen LogP contribution in [0.2, 0.25) is 0 Å². The number of H-pyrrole nitrogens is 2. The van der Waals surface area contributed by atoms with E-state index in [4.69, 9.17) is 9.47 Å². The van der Waals surface area contributed by atoms with E-state index >= 15 is 0 Å². The number of aromatic nitrogens is 2. The minimum Gasteiger partial charge on any atom is -0.454 e. The first-order valence-corrected chi connectivity index (χ1v) is 10.6. The molecule has 0 saturated carbocycles. The van der Waals surface area contributed by atoms with Gasteiger partial charge in [-0.1, -0.05) is 42.5 Å². The van der Waals surface area contributed by atoms with Crippen LogP contribution >= 0.6 is 0 Å². The summed E-state index contributed by atoms with van der Waals surface area (Å²) in [6.07, 6.45) is 1.89. The Morgan fingerprint density at radius 1 is 0.697 bits per heavy atom. The highest BCUT2D eigenvalue weighted by Crippen LogP contribution is 2.45. The first-order chi connectivity index (χ1) is 16.2. The summed E-state index contributed by atoms with van der Waals surface area (Å²) in [6, 6.07) is 20.5. The normalized spacial score (nSPS) is 13.9. The summed E-state index contributed by atoms with van der Waals surface area (Å²) in [4.78, 5) is 33.7. The molecule has 0 spiro atoms. The van der Waals surface area contributed by atoms with Crippen LogP contribution in [-0.4, -0.2) is 28.3 Å². The van der Waals surface area contributed by atoms with Crippen molar-refractivity contribution < 1.29 is 19.1 Å². The molecule has 0 unspecified atom stereocenters. The molecule has 5 aromatic rings. The number of ether oxygens (including phenoxy) is 2. The maximum atomic E-state index is 13.7. The molecule has 0 atom stereocenters. The van der Waals surface area contributed by atoms with Gasteiger partial charge in [0.05, 0.1) is 17.0 Å². The zero-order valence-electron chi connectivity index (χ0n) is 17.3. The lowest BCUT2D eigenvalue weighted by Gasteiger charge is -2.15. The Bertz CT molecular complexity index is 1640. The van der Waals surface area contributed by atoms with Gasteiger partial charge in [-0.15, -0.1) is 0 Å². The van der Waals surface area contributed by atoms with Gasteiger partial charge in [0.25, 0.3) is 0 Å². The zero-order chi connectivity index (χ0) is 22.1. The Labute approximate surface area is 187 Å². The predicted molar refractivity (Wildman–Crippen MR) is 123 cm³/mol. The first-order valence-electron chi connectivity index (χ1n) is 10.6. The summed E-state index contributed by atoms with van der Waals surface area (Å²) in [5, 5.41) is 0.973. The summed E-state index contributed by atoms with van der Waals surface area (Å²) in [5.74, 6) is 0.950. The number of carbonyl (C=O) groups excluding carboxylic acids is 2. The monoisotopic (exact) mass is 432 g/mol. The van der Waals surface area contributed by atoms with E-state index in [0.717, 1.165) is 22.0 Å². The highest BCUT2D eigenvalue weighted by molar-refractivity contribution is 6.31. The fourth-order valence-corrected chi connectivity index (χ4v) is 4.86. The van der Waals surface area contributed by atoms with E-state index in [-0.39, 0.29) is 18.4 Å². The average molecular weight is 432 g/mol. The molecule has 0 radical (unpaired) electrons. The van der Waals surface area contributed by atoms with Gasteiger partial charge in [-0.2, -0.15) is 0 Å². The number of rotatable bonds is 2. The molecule has 3 heterocycles. The van der Waals surface area contributed by atoms with Crippen LogP contribution in [-0.2, 0) is 0 Å². The number of hydrogen-bond acceptors (Lipinski definition) is 4. The predicted octanol–water partition coefficient (Wildman–Crippen LogP) is 5.33. The third kappa shape index (κ3) is 2.43. The molecule has 6 heteroatoms. The van der Waals surface area contributed by atoms with Crippen molar-refractivity contribution >= 4 is 22.5 Å². The lowest BCUT2D eigenvalue weighted by atomic mass is 9.84. The van der Waals surface area contributed by atoms with E-state index in [0.29, 0.717) is 45.1 Å². The number of ketones is 2. The number of para-hydroxylation sites is 1. The summed E-state index contributed by atoms with van der Waals surface area (Å²) < 4.78 is 11.0. The molecule has 0 amide bonds. The molecular formula is C27H16N2O4. The quantitative estimate of drug-likeness (QED) is 0.387. The third-order valence-corrected chi connectivity index (χ3v) is 6.39. The Balaban J connectivity index is 1.56. The van der Waals surface area contributed by atoms with E-state index in [2.05, 4.69) is 9.97 Å². The SMILES string of the molecule is O=C1c2ccccc2C(=O)c2c1[nH]c(-c1ccc3c(c1)OCO3)c2-c1c[nH]c2ccccc12. The Hall–Kier alpha value is -4.58. The Morgan fingerprint density at radius 3 is 2.33 bits per heavy atom. The van der Waals surface area contributed by atoms with E-state index in [1.807, 2.05) is 48.7 Å². The Morgan fingerprint density at radius 2 is 1.45 bits per heavy atom. The molecule has 2 aliphatic rings. The van der Waals surface area contributed by atoms with Gasteiger partial charge in [0.2, 0.25) is 12.6 Å². The van der Waals surface area contributed by atoms with Gasteiger partial charge >= 0.3 is 0 Å². The van der Waals surface area contributed by atoms with Gasteiger partial charge in [0.15, 0.2) is 17.3 Å². The van der Waals surface area contributed by atoms with E-state index < -0.39 is 0 Å². The van der Waals surface area contributed by atoms with Crippen LogP contribution in [0.15, 0.2) is 72.9 Å². The van der Waals surface area contributed by atoms with Crippen molar-refractivity contribution in [3.8, 4) is 33.9 Å². The summed E-state index contributed by atoms with van der Waals surface area (Å²) in [5.41, 5.74) is 5.56. The third-order valence-electron chi connectivity index (χ3n) is 6.39. The number of aromatic amines is 2. The topological polar surface area (TPSA) is 84.2 Å². The van der Waals surface area contributed by atoms with Crippen molar-refractivity contribution in [1.29, 1.82) is 0 Å². The van der Waals surface area contributed by atoms with Gasteiger partial charge < -0.3 is 19.4 Å². The molecule has 7 rings (SSSR count). The second-order valence-electron chi connectivity index (χ2n) is 8.14. The molecule has 0 fully saturated rings. The van der Waals surface area contributed by atoms with Gasteiger partial charge in [-0.05, 0) is 24.3 Å². The first kappa shape index (κ1) is 18.0. The zero-order valence-corrected chi connectivity index (χ0v) is 17.3. The van der Waals surface area contributed by atoms with Gasteiger partial charge in [0.1, 0.15) is 0 Å². The van der Waals surface area contributed by atoms with Crippen LogP contribution in [0.1, 0.15) is 32.0 Å². The van der Waals surface area contributed by atoms with Crippen LogP contribution in [0.5, 0.6) is 11.5 Å². The highest BCUT2D eigenvalue weighted by atomic mass is 16.7. The van der Waals surface area contributed by atoms with Crippen LogP contribution in [0, 0.1) is 0 Å².